The van der Waals surface area contributed by atoms with Gasteiger partial charge in [0.25, 0.3) is 5.56 Å². The highest BCUT2D eigenvalue weighted by Gasteiger charge is 2.17. The summed E-state index contributed by atoms with van der Waals surface area (Å²) in [5.74, 6) is -0.234. The summed E-state index contributed by atoms with van der Waals surface area (Å²) in [7, 11) is -3.48. The maximum Gasteiger partial charge on any atom is 0.266 e. The minimum absolute atomic E-state index is 0.118. The number of sulfone groups is 1. The molecule has 2 rings (SSSR count). The fraction of sp³-hybridized carbons (Fsp3) is 0.286. The first-order chi connectivity index (χ1) is 9.79. The van der Waals surface area contributed by atoms with Gasteiger partial charge in [0.1, 0.15) is 0 Å². The van der Waals surface area contributed by atoms with Gasteiger partial charge in [-0.3, -0.25) is 4.79 Å². The van der Waals surface area contributed by atoms with Crippen LogP contribution in [-0.2, 0) is 15.6 Å². The minimum Gasteiger partial charge on any atom is -0.268 e. The topological polar surface area (TPSA) is 69.0 Å². The average Bonchev–Trinajstić information content (AvgIpc) is 2.41. The second kappa shape index (κ2) is 6.11. The molecule has 0 saturated heterocycles. The predicted molar refractivity (Wildman–Crippen MR) is 83.9 cm³/mol. The van der Waals surface area contributed by atoms with Crippen molar-refractivity contribution < 1.29 is 8.42 Å². The van der Waals surface area contributed by atoms with Crippen LogP contribution in [0.1, 0.15) is 25.6 Å². The average molecular weight is 371 g/mol. The number of aromatic nitrogens is 2. The Morgan fingerprint density at radius 1 is 1.14 bits per heavy atom. The smallest absolute Gasteiger partial charge is 0.266 e. The molecule has 0 amide bonds. The summed E-state index contributed by atoms with van der Waals surface area (Å²) in [5, 5.41) is 4.12. The van der Waals surface area contributed by atoms with E-state index in [9.17, 15) is 13.2 Å². The van der Waals surface area contributed by atoms with Crippen LogP contribution in [0, 0.1) is 0 Å². The number of benzene rings is 1. The molecule has 0 aliphatic carbocycles. The zero-order chi connectivity index (χ0) is 15.6. The lowest BCUT2D eigenvalue weighted by atomic mass is 10.4. The summed E-state index contributed by atoms with van der Waals surface area (Å²) in [6, 6.07) is 9.12. The van der Waals surface area contributed by atoms with Gasteiger partial charge in [0.15, 0.2) is 9.84 Å². The van der Waals surface area contributed by atoms with E-state index in [0.29, 0.717) is 5.69 Å². The van der Waals surface area contributed by atoms with Crippen molar-refractivity contribution in [2.45, 2.75) is 30.5 Å². The Bertz CT molecular complexity index is 796. The number of rotatable bonds is 4. The molecule has 0 fully saturated rings. The van der Waals surface area contributed by atoms with Gasteiger partial charge >= 0.3 is 0 Å². The molecule has 0 bridgehead atoms. The second-order valence-corrected chi connectivity index (χ2v) is 7.82. The molecular weight excluding hydrogens is 356 g/mol. The van der Waals surface area contributed by atoms with E-state index >= 15 is 0 Å². The molecule has 0 spiro atoms. The number of hydrogen-bond acceptors (Lipinski definition) is 4. The molecule has 0 atom stereocenters. The molecule has 1 heterocycles. The molecule has 0 unspecified atom stereocenters. The Labute approximate surface area is 131 Å². The largest absolute Gasteiger partial charge is 0.268 e. The summed E-state index contributed by atoms with van der Waals surface area (Å²) < 4.78 is 26.8. The Morgan fingerprint density at radius 2 is 1.76 bits per heavy atom. The molecule has 5 nitrogen and oxygen atoms in total. The third-order valence-electron chi connectivity index (χ3n) is 2.88. The summed E-state index contributed by atoms with van der Waals surface area (Å²) in [5.41, 5.74) is 0.112. The van der Waals surface area contributed by atoms with Gasteiger partial charge in [0.2, 0.25) is 0 Å². The summed E-state index contributed by atoms with van der Waals surface area (Å²) in [6.45, 7) is 3.64. The Balaban J connectivity index is 2.35. The Kier molecular flexibility index (Phi) is 4.63. The quantitative estimate of drug-likeness (QED) is 0.829. The molecular formula is C14H15BrN2O3S. The van der Waals surface area contributed by atoms with E-state index in [1.54, 1.807) is 12.1 Å². The van der Waals surface area contributed by atoms with E-state index < -0.39 is 9.84 Å². The molecule has 0 radical (unpaired) electrons. The van der Waals surface area contributed by atoms with Gasteiger partial charge in [-0.1, -0.05) is 15.9 Å². The van der Waals surface area contributed by atoms with Crippen molar-refractivity contribution in [1.29, 1.82) is 0 Å². The van der Waals surface area contributed by atoms with E-state index in [-0.39, 0.29) is 22.2 Å². The zero-order valence-corrected chi connectivity index (χ0v) is 14.1. The third-order valence-corrected chi connectivity index (χ3v) is 5.07. The van der Waals surface area contributed by atoms with Crippen LogP contribution in [-0.4, -0.2) is 18.2 Å². The van der Waals surface area contributed by atoms with E-state index in [2.05, 4.69) is 21.0 Å². The van der Waals surface area contributed by atoms with Crippen LogP contribution in [0.2, 0.25) is 0 Å². The first-order valence-corrected chi connectivity index (χ1v) is 8.81. The van der Waals surface area contributed by atoms with E-state index in [4.69, 9.17) is 0 Å². The van der Waals surface area contributed by atoms with Crippen LogP contribution in [0.15, 0.2) is 50.6 Å². The maximum atomic E-state index is 12.3. The first kappa shape index (κ1) is 15.9. The molecule has 0 aliphatic rings. The fourth-order valence-electron chi connectivity index (χ4n) is 1.83. The predicted octanol–water partition coefficient (Wildman–Crippen LogP) is 2.56. The van der Waals surface area contributed by atoms with Gasteiger partial charge in [-0.05, 0) is 44.2 Å². The highest BCUT2D eigenvalue weighted by atomic mass is 79.9. The molecule has 1 aromatic carbocycles. The number of nitrogens with zero attached hydrogens (tertiary/aromatic N) is 2. The van der Waals surface area contributed by atoms with Crippen LogP contribution in [0.4, 0.5) is 0 Å². The van der Waals surface area contributed by atoms with Crippen LogP contribution in [0.25, 0.3) is 0 Å². The standard InChI is InChI=1S/C14H15BrN2O3S/c1-10(2)17-14(18)8-5-12(16-17)9-21(19,20)13-6-3-11(15)4-7-13/h3-8,10H,9H2,1-2H3. The van der Waals surface area contributed by atoms with Crippen LogP contribution >= 0.6 is 15.9 Å². The van der Waals surface area contributed by atoms with Crippen molar-refractivity contribution in [1.82, 2.24) is 9.78 Å². The summed E-state index contributed by atoms with van der Waals surface area (Å²) in [4.78, 5) is 11.9. The van der Waals surface area contributed by atoms with E-state index in [1.807, 2.05) is 13.8 Å². The molecule has 7 heteroatoms. The van der Waals surface area contributed by atoms with Gasteiger partial charge in [0, 0.05) is 10.5 Å². The molecule has 21 heavy (non-hydrogen) atoms. The van der Waals surface area contributed by atoms with Gasteiger partial charge in [-0.15, -0.1) is 0 Å². The normalized spacial score (nSPS) is 11.8. The lowest BCUT2D eigenvalue weighted by Gasteiger charge is -2.10. The Hall–Kier alpha value is -1.47. The van der Waals surface area contributed by atoms with Gasteiger partial charge in [-0.2, -0.15) is 5.10 Å². The van der Waals surface area contributed by atoms with Crippen LogP contribution in [0.5, 0.6) is 0 Å². The monoisotopic (exact) mass is 370 g/mol. The third kappa shape index (κ3) is 3.79. The van der Waals surface area contributed by atoms with Crippen molar-refractivity contribution >= 4 is 25.8 Å². The van der Waals surface area contributed by atoms with Gasteiger partial charge in [-0.25, -0.2) is 13.1 Å². The number of hydrogen-bond donors (Lipinski definition) is 0. The van der Waals surface area contributed by atoms with Crippen LogP contribution < -0.4 is 5.56 Å². The van der Waals surface area contributed by atoms with E-state index in [1.165, 1.54) is 28.9 Å². The zero-order valence-electron chi connectivity index (χ0n) is 11.7. The molecule has 112 valence electrons. The summed E-state index contributed by atoms with van der Waals surface area (Å²) in [6.07, 6.45) is 0. The second-order valence-electron chi connectivity index (χ2n) is 4.91. The lowest BCUT2D eigenvalue weighted by molar-refractivity contribution is 0.495. The van der Waals surface area contributed by atoms with Gasteiger partial charge in [0.05, 0.1) is 22.4 Å². The first-order valence-electron chi connectivity index (χ1n) is 6.36. The minimum atomic E-state index is -3.48. The molecule has 2 aromatic rings. The van der Waals surface area contributed by atoms with Crippen molar-refractivity contribution in [2.24, 2.45) is 0 Å². The lowest BCUT2D eigenvalue weighted by Crippen LogP contribution is -2.25. The van der Waals surface area contributed by atoms with E-state index in [0.717, 1.165) is 4.47 Å². The highest BCUT2D eigenvalue weighted by molar-refractivity contribution is 9.10. The van der Waals surface area contributed by atoms with Crippen molar-refractivity contribution in [2.75, 3.05) is 0 Å². The molecule has 0 aliphatic heterocycles. The van der Waals surface area contributed by atoms with Crippen molar-refractivity contribution in [3.63, 3.8) is 0 Å². The molecule has 1 aromatic heterocycles. The Morgan fingerprint density at radius 3 is 2.33 bits per heavy atom. The number of halogens is 1. The maximum absolute atomic E-state index is 12.3. The molecule has 0 N–H and O–H groups in total. The van der Waals surface area contributed by atoms with Crippen molar-refractivity contribution in [3.05, 3.63) is 56.9 Å². The van der Waals surface area contributed by atoms with Gasteiger partial charge < -0.3 is 0 Å². The summed E-state index contributed by atoms with van der Waals surface area (Å²) >= 11 is 3.27. The highest BCUT2D eigenvalue weighted by Crippen LogP contribution is 2.18. The van der Waals surface area contributed by atoms with Crippen LogP contribution in [0.3, 0.4) is 0 Å². The molecule has 0 saturated carbocycles. The SMILES string of the molecule is CC(C)n1nc(CS(=O)(=O)c2ccc(Br)cc2)ccc1=O. The fourth-order valence-corrected chi connectivity index (χ4v) is 3.36. The van der Waals surface area contributed by atoms with Crippen molar-refractivity contribution in [3.8, 4) is 0 Å².